The van der Waals surface area contributed by atoms with Gasteiger partial charge < -0.3 is 15.8 Å². The lowest BCUT2D eigenvalue weighted by Crippen LogP contribution is -2.19. The van der Waals surface area contributed by atoms with Gasteiger partial charge in [0.25, 0.3) is 0 Å². The third kappa shape index (κ3) is 3.25. The van der Waals surface area contributed by atoms with Crippen LogP contribution in [0.2, 0.25) is 0 Å². The molecule has 1 heterocycles. The normalized spacial score (nSPS) is 10.2. The molecule has 6 heteroatoms. The summed E-state index contributed by atoms with van der Waals surface area (Å²) in [6.45, 7) is 2.07. The first-order valence-corrected chi connectivity index (χ1v) is 5.81. The van der Waals surface area contributed by atoms with Crippen molar-refractivity contribution in [1.82, 2.24) is 9.78 Å². The van der Waals surface area contributed by atoms with Gasteiger partial charge in [0.1, 0.15) is 12.3 Å². The highest BCUT2D eigenvalue weighted by Gasteiger charge is 2.07. The van der Waals surface area contributed by atoms with Crippen molar-refractivity contribution in [3.05, 3.63) is 36.2 Å². The Bertz CT molecular complexity index is 592. The van der Waals surface area contributed by atoms with Crippen molar-refractivity contribution in [2.75, 3.05) is 18.2 Å². The minimum atomic E-state index is -0.181. The zero-order valence-electron chi connectivity index (χ0n) is 10.9. The Morgan fingerprint density at radius 1 is 1.53 bits per heavy atom. The molecule has 3 N–H and O–H groups in total. The van der Waals surface area contributed by atoms with Crippen LogP contribution in [-0.2, 0) is 11.3 Å². The topological polar surface area (TPSA) is 82.2 Å². The molecule has 6 nitrogen and oxygen atoms in total. The van der Waals surface area contributed by atoms with E-state index in [1.807, 2.05) is 6.92 Å². The van der Waals surface area contributed by atoms with Crippen LogP contribution in [0, 0.1) is 6.92 Å². The molecule has 0 saturated heterocycles. The van der Waals surface area contributed by atoms with E-state index in [4.69, 9.17) is 10.5 Å². The summed E-state index contributed by atoms with van der Waals surface area (Å²) in [5.74, 6) is 0.471. The van der Waals surface area contributed by atoms with Gasteiger partial charge in [-0.1, -0.05) is 0 Å². The number of nitrogens with two attached hydrogens (primary N) is 1. The number of amides is 1. The largest absolute Gasteiger partial charge is 0.497 e. The van der Waals surface area contributed by atoms with E-state index in [1.54, 1.807) is 42.4 Å². The Morgan fingerprint density at radius 2 is 2.32 bits per heavy atom. The number of aryl methyl sites for hydroxylation is 1. The molecule has 1 aromatic carbocycles. The number of hydrogen-bond donors (Lipinski definition) is 2. The van der Waals surface area contributed by atoms with Gasteiger partial charge in [0.15, 0.2) is 0 Å². The molecule has 0 aliphatic heterocycles. The first-order valence-electron chi connectivity index (χ1n) is 5.81. The van der Waals surface area contributed by atoms with Gasteiger partial charge in [0, 0.05) is 12.3 Å². The summed E-state index contributed by atoms with van der Waals surface area (Å²) in [7, 11) is 1.56. The van der Waals surface area contributed by atoms with E-state index in [1.165, 1.54) is 0 Å². The van der Waals surface area contributed by atoms with Crippen LogP contribution in [0.15, 0.2) is 30.6 Å². The molecule has 19 heavy (non-hydrogen) atoms. The average molecular weight is 260 g/mol. The number of methoxy groups -OCH3 is 1. The summed E-state index contributed by atoms with van der Waals surface area (Å²) in [6.07, 6.45) is 3.51. The molecule has 2 aromatic rings. The third-order valence-electron chi connectivity index (χ3n) is 2.60. The second kappa shape index (κ2) is 5.43. The van der Waals surface area contributed by atoms with E-state index >= 15 is 0 Å². The maximum atomic E-state index is 11.8. The van der Waals surface area contributed by atoms with Crippen LogP contribution < -0.4 is 15.8 Å². The van der Waals surface area contributed by atoms with Crippen LogP contribution in [0.1, 0.15) is 5.56 Å². The van der Waals surface area contributed by atoms with Gasteiger partial charge in [-0.25, -0.2) is 0 Å². The Hall–Kier alpha value is -2.50. The van der Waals surface area contributed by atoms with Gasteiger partial charge in [-0.2, -0.15) is 5.10 Å². The van der Waals surface area contributed by atoms with Gasteiger partial charge in [0.05, 0.1) is 24.7 Å². The quantitative estimate of drug-likeness (QED) is 0.814. The number of hydrogen-bond acceptors (Lipinski definition) is 4. The highest BCUT2D eigenvalue weighted by Crippen LogP contribution is 2.23. The van der Waals surface area contributed by atoms with Crippen LogP contribution in [0.5, 0.6) is 5.75 Å². The standard InChI is InChI=1S/C13H16N4O2/c1-9-6-15-17(7-9)8-13(18)16-12-4-3-10(19-2)5-11(12)14/h3-7H,8,14H2,1-2H3,(H,16,18). The van der Waals surface area contributed by atoms with Crippen LogP contribution in [0.4, 0.5) is 11.4 Å². The van der Waals surface area contributed by atoms with Crippen LogP contribution in [0.3, 0.4) is 0 Å². The van der Waals surface area contributed by atoms with E-state index < -0.39 is 0 Å². The molecule has 0 bridgehead atoms. The molecule has 0 aliphatic rings. The number of nitrogens with zero attached hydrogens (tertiary/aromatic N) is 2. The number of benzene rings is 1. The second-order valence-electron chi connectivity index (χ2n) is 4.22. The lowest BCUT2D eigenvalue weighted by Gasteiger charge is -2.09. The number of nitrogen functional groups attached to an aromatic ring is 1. The molecule has 0 fully saturated rings. The average Bonchev–Trinajstić information content (AvgIpc) is 2.77. The fourth-order valence-electron chi connectivity index (χ4n) is 1.67. The fourth-order valence-corrected chi connectivity index (χ4v) is 1.67. The van der Waals surface area contributed by atoms with Gasteiger partial charge in [-0.05, 0) is 24.6 Å². The minimum absolute atomic E-state index is 0.152. The van der Waals surface area contributed by atoms with Gasteiger partial charge in [-0.3, -0.25) is 9.48 Å². The Balaban J connectivity index is 2.02. The van der Waals surface area contributed by atoms with Crippen molar-refractivity contribution in [2.24, 2.45) is 0 Å². The number of anilines is 2. The minimum Gasteiger partial charge on any atom is -0.497 e. The highest BCUT2D eigenvalue weighted by atomic mass is 16.5. The lowest BCUT2D eigenvalue weighted by atomic mass is 10.2. The van der Waals surface area contributed by atoms with Crippen molar-refractivity contribution in [3.63, 3.8) is 0 Å². The molecule has 0 spiro atoms. The van der Waals surface area contributed by atoms with E-state index in [0.717, 1.165) is 5.56 Å². The summed E-state index contributed by atoms with van der Waals surface area (Å²) < 4.78 is 6.62. The number of carbonyl (C=O) groups is 1. The monoisotopic (exact) mass is 260 g/mol. The zero-order valence-corrected chi connectivity index (χ0v) is 10.9. The van der Waals surface area contributed by atoms with Crippen LogP contribution in [0.25, 0.3) is 0 Å². The fraction of sp³-hybridized carbons (Fsp3) is 0.231. The number of aromatic nitrogens is 2. The van der Waals surface area contributed by atoms with E-state index in [-0.39, 0.29) is 12.5 Å². The molecule has 100 valence electrons. The molecule has 1 aromatic heterocycles. The van der Waals surface area contributed by atoms with Gasteiger partial charge in [-0.15, -0.1) is 0 Å². The molecule has 0 atom stereocenters. The predicted octanol–water partition coefficient (Wildman–Crippen LogP) is 1.42. The number of nitrogens with one attached hydrogen (secondary N) is 1. The van der Waals surface area contributed by atoms with Crippen molar-refractivity contribution >= 4 is 17.3 Å². The van der Waals surface area contributed by atoms with Crippen molar-refractivity contribution < 1.29 is 9.53 Å². The van der Waals surface area contributed by atoms with Crippen LogP contribution >= 0.6 is 0 Å². The van der Waals surface area contributed by atoms with Crippen molar-refractivity contribution in [1.29, 1.82) is 0 Å². The highest BCUT2D eigenvalue weighted by molar-refractivity contribution is 5.93. The van der Waals surface area contributed by atoms with Gasteiger partial charge >= 0.3 is 0 Å². The number of ether oxygens (including phenoxy) is 1. The molecular weight excluding hydrogens is 244 g/mol. The van der Waals surface area contributed by atoms with Gasteiger partial charge in [0.2, 0.25) is 5.91 Å². The molecule has 2 rings (SSSR count). The smallest absolute Gasteiger partial charge is 0.246 e. The molecule has 1 amide bonds. The third-order valence-corrected chi connectivity index (χ3v) is 2.60. The van der Waals surface area contributed by atoms with Crippen molar-refractivity contribution in [3.8, 4) is 5.75 Å². The first-order chi connectivity index (χ1) is 9.08. The maximum absolute atomic E-state index is 11.8. The Kier molecular flexibility index (Phi) is 3.70. The lowest BCUT2D eigenvalue weighted by molar-refractivity contribution is -0.116. The molecule has 0 saturated carbocycles. The molecular formula is C13H16N4O2. The maximum Gasteiger partial charge on any atom is 0.246 e. The molecule has 0 unspecified atom stereocenters. The number of carbonyl (C=O) groups excluding carboxylic acids is 1. The van der Waals surface area contributed by atoms with Crippen LogP contribution in [-0.4, -0.2) is 22.8 Å². The summed E-state index contributed by atoms with van der Waals surface area (Å²) in [4.78, 5) is 11.8. The Labute approximate surface area is 111 Å². The summed E-state index contributed by atoms with van der Waals surface area (Å²) in [6, 6.07) is 5.11. The Morgan fingerprint density at radius 3 is 2.89 bits per heavy atom. The SMILES string of the molecule is COc1ccc(NC(=O)Cn2cc(C)cn2)c(N)c1. The van der Waals surface area contributed by atoms with Crippen molar-refractivity contribution in [2.45, 2.75) is 13.5 Å². The predicted molar refractivity (Wildman–Crippen MR) is 73.0 cm³/mol. The number of rotatable bonds is 4. The summed E-state index contributed by atoms with van der Waals surface area (Å²) in [5.41, 5.74) is 7.86. The first kappa shape index (κ1) is 12.9. The summed E-state index contributed by atoms with van der Waals surface area (Å²) >= 11 is 0. The van der Waals surface area contributed by atoms with E-state index in [2.05, 4.69) is 10.4 Å². The molecule has 0 radical (unpaired) electrons. The zero-order chi connectivity index (χ0) is 13.8. The van der Waals surface area contributed by atoms with E-state index in [9.17, 15) is 4.79 Å². The summed E-state index contributed by atoms with van der Waals surface area (Å²) in [5, 5.41) is 6.79. The van der Waals surface area contributed by atoms with E-state index in [0.29, 0.717) is 17.1 Å². The second-order valence-corrected chi connectivity index (χ2v) is 4.22. The molecule has 0 aliphatic carbocycles.